The molecule has 0 radical (unpaired) electrons. The number of ketones is 3. The fourth-order valence-electron chi connectivity index (χ4n) is 10.1. The van der Waals surface area contributed by atoms with Crippen molar-refractivity contribution in [1.82, 2.24) is 4.90 Å². The number of alkyl halides is 1. The molecule has 4 rings (SSSR count). The van der Waals surface area contributed by atoms with Crippen LogP contribution in [0.5, 0.6) is 0 Å². The number of aliphatic hydroxyl groups is 2. The van der Waals surface area contributed by atoms with Gasteiger partial charge < -0.3 is 38.8 Å². The van der Waals surface area contributed by atoms with Crippen LogP contribution in [0.4, 0.5) is 4.39 Å². The smallest absolute Gasteiger partial charge is 0.329 e. The predicted molar refractivity (Wildman–Crippen MR) is 244 cm³/mol. The molecular weight excluding hydrogens is 838 g/mol. The maximum Gasteiger partial charge on any atom is 0.329 e. The van der Waals surface area contributed by atoms with Crippen molar-refractivity contribution in [2.75, 3.05) is 27.9 Å². The third-order valence-electron chi connectivity index (χ3n) is 14.4. The molecule has 366 valence electrons. The Bertz CT molecular complexity index is 1760. The number of aliphatic hydroxyl groups excluding tert-OH is 2. The lowest BCUT2D eigenvalue weighted by atomic mass is 9.78. The molecule has 1 saturated carbocycles. The zero-order valence-corrected chi connectivity index (χ0v) is 40.5. The minimum atomic E-state index is -2.93. The molecule has 2 bridgehead atoms. The van der Waals surface area contributed by atoms with Gasteiger partial charge in [0.25, 0.3) is 17.5 Å². The number of fused-ring (bicyclic) bond motifs is 3. The van der Waals surface area contributed by atoms with Gasteiger partial charge in [0.2, 0.25) is 0 Å². The number of amides is 1. The topological polar surface area (TPSA) is 175 Å². The number of piperidine rings is 1. The van der Waals surface area contributed by atoms with Crippen molar-refractivity contribution in [3.05, 3.63) is 47.6 Å². The van der Waals surface area contributed by atoms with Crippen LogP contribution in [0.15, 0.2) is 47.6 Å². The Morgan fingerprint density at radius 1 is 0.862 bits per heavy atom. The van der Waals surface area contributed by atoms with Crippen LogP contribution in [0.1, 0.15) is 126 Å². The molecule has 0 aromatic carbocycles. The van der Waals surface area contributed by atoms with Gasteiger partial charge in [-0.2, -0.15) is 0 Å². The van der Waals surface area contributed by atoms with Crippen LogP contribution in [-0.2, 0) is 47.7 Å². The van der Waals surface area contributed by atoms with Crippen LogP contribution >= 0.6 is 0 Å². The highest BCUT2D eigenvalue weighted by Gasteiger charge is 2.55. The van der Waals surface area contributed by atoms with Crippen molar-refractivity contribution < 1.29 is 62.3 Å². The van der Waals surface area contributed by atoms with Crippen molar-refractivity contribution in [3.8, 4) is 0 Å². The zero-order chi connectivity index (χ0) is 48.2. The van der Waals surface area contributed by atoms with Gasteiger partial charge >= 0.3 is 5.97 Å². The molecular formula is C51H78FNO12. The third kappa shape index (κ3) is 14.3. The summed E-state index contributed by atoms with van der Waals surface area (Å²) in [6, 6.07) is -1.20. The van der Waals surface area contributed by atoms with E-state index in [1.807, 2.05) is 51.2 Å². The Morgan fingerprint density at radius 3 is 2.26 bits per heavy atom. The van der Waals surface area contributed by atoms with Gasteiger partial charge in [-0.1, -0.05) is 71.1 Å². The van der Waals surface area contributed by atoms with Crippen molar-refractivity contribution in [1.29, 1.82) is 0 Å². The number of halogens is 1. The molecule has 3 aliphatic heterocycles. The summed E-state index contributed by atoms with van der Waals surface area (Å²) in [5, 5.41) is 21.9. The number of Topliss-reactive ketones (excluding diaryl/α,β-unsaturated/α-hetero) is 3. The van der Waals surface area contributed by atoms with E-state index in [9.17, 15) is 34.2 Å². The van der Waals surface area contributed by atoms with Gasteiger partial charge in [-0.15, -0.1) is 0 Å². The molecule has 14 heteroatoms. The summed E-state index contributed by atoms with van der Waals surface area (Å²) in [6.07, 6.45) is 10.3. The normalized spacial score (nSPS) is 40.4. The molecule has 65 heavy (non-hydrogen) atoms. The van der Waals surface area contributed by atoms with E-state index in [4.69, 9.17) is 23.7 Å². The van der Waals surface area contributed by atoms with Crippen LogP contribution in [-0.4, -0.2) is 127 Å². The number of carbonyl (C=O) groups is 5. The molecule has 3 unspecified atom stereocenters. The number of nitrogens with zero attached hydrogens (tertiary/aromatic N) is 1. The standard InChI is InChI=1S/C51H78FNO12/c1-30-16-12-11-13-17-31(2)42(61-8)28-38-21-19-36(7)51(52,65-38)48(58)49(59)53-23-15-14-18-39(53)50(60)64-43(33(4)26-37-20-22-40(54)44(27-37)62-9)29-41(55)32(3)25-35(6)46(57)47(63-10)45(56)34(5)24-30/h11-13,16-17,25,30,32-34,36-40,42-44,46-47,54,57H,14-15,18-24,26-29H2,1-10H3/b13-11+,16-12+,31-17+,35-25+/t30-,32-,33-,34-,36-,37?,38+,39+,40+,42+,43?,44-,46-,47+,51?/m1/s1. The van der Waals surface area contributed by atoms with Gasteiger partial charge in [0.1, 0.15) is 30.1 Å². The second-order valence-corrected chi connectivity index (χ2v) is 19.5. The number of allylic oxidation sites excluding steroid dienone is 6. The highest BCUT2D eigenvalue weighted by atomic mass is 19.2. The maximum atomic E-state index is 17.1. The fourth-order valence-corrected chi connectivity index (χ4v) is 10.1. The zero-order valence-electron chi connectivity index (χ0n) is 40.5. The van der Waals surface area contributed by atoms with Crippen molar-refractivity contribution >= 4 is 29.2 Å². The van der Waals surface area contributed by atoms with E-state index >= 15 is 4.39 Å². The molecule has 2 saturated heterocycles. The third-order valence-corrected chi connectivity index (χ3v) is 14.4. The first-order valence-corrected chi connectivity index (χ1v) is 23.9. The molecule has 0 aromatic heterocycles. The average Bonchev–Trinajstić information content (AvgIpc) is 3.28. The largest absolute Gasteiger partial charge is 0.460 e. The minimum absolute atomic E-state index is 0.00748. The fraction of sp³-hybridized carbons (Fsp3) is 0.745. The molecule has 13 nitrogen and oxygen atoms in total. The summed E-state index contributed by atoms with van der Waals surface area (Å²) in [4.78, 5) is 71.4. The SMILES string of the molecule is CO[C@H]1C[C@@H]2CC[C@@H](C)C(F)(O2)C(=O)C(=O)N2CCCC[C@H]2C(=O)OC([C@H](C)CC2CC[C@H](O)[C@H](OC)C2)CC(=O)[C@H](C)/C=C(\C)[C@@H](O)[C@@H](OC)C(=O)[C@H](C)C[C@H](C)/C=C/C=C/C=C/1C. The van der Waals surface area contributed by atoms with Crippen molar-refractivity contribution in [3.63, 3.8) is 0 Å². The van der Waals surface area contributed by atoms with Crippen molar-refractivity contribution in [2.24, 2.45) is 35.5 Å². The lowest BCUT2D eigenvalue weighted by Crippen LogP contribution is -2.59. The predicted octanol–water partition coefficient (Wildman–Crippen LogP) is 7.16. The van der Waals surface area contributed by atoms with E-state index in [1.54, 1.807) is 48.0 Å². The van der Waals surface area contributed by atoms with Gasteiger partial charge in [0, 0.05) is 58.5 Å². The van der Waals surface area contributed by atoms with E-state index in [-0.39, 0.29) is 67.7 Å². The number of hydrogen-bond donors (Lipinski definition) is 2. The number of methoxy groups -OCH3 is 3. The number of esters is 1. The number of carbonyl (C=O) groups excluding carboxylic acids is 5. The maximum absolute atomic E-state index is 17.1. The Labute approximate surface area is 386 Å². The number of hydrogen-bond acceptors (Lipinski definition) is 12. The summed E-state index contributed by atoms with van der Waals surface area (Å²) in [5.74, 6) is -9.16. The highest BCUT2D eigenvalue weighted by Crippen LogP contribution is 2.40. The lowest BCUT2D eigenvalue weighted by Gasteiger charge is -2.41. The Balaban J connectivity index is 1.70. The van der Waals surface area contributed by atoms with Gasteiger partial charge in [-0.05, 0) is 107 Å². The van der Waals surface area contributed by atoms with E-state index in [0.29, 0.717) is 56.9 Å². The lowest BCUT2D eigenvalue weighted by molar-refractivity contribution is -0.231. The molecule has 1 aliphatic carbocycles. The molecule has 1 amide bonds. The highest BCUT2D eigenvalue weighted by molar-refractivity contribution is 6.39. The number of rotatable bonds is 6. The monoisotopic (exact) mass is 916 g/mol. The summed E-state index contributed by atoms with van der Waals surface area (Å²) < 4.78 is 46.1. The Hall–Kier alpha value is -3.40. The van der Waals surface area contributed by atoms with Crippen LogP contribution in [0, 0.1) is 35.5 Å². The van der Waals surface area contributed by atoms with Gasteiger partial charge in [0.05, 0.1) is 24.4 Å². The molecule has 0 aromatic rings. The van der Waals surface area contributed by atoms with Crippen LogP contribution < -0.4 is 0 Å². The second-order valence-electron chi connectivity index (χ2n) is 19.5. The summed E-state index contributed by atoms with van der Waals surface area (Å²) >= 11 is 0. The Morgan fingerprint density at radius 2 is 1.58 bits per heavy atom. The molecule has 3 heterocycles. The van der Waals surface area contributed by atoms with Crippen LogP contribution in [0.2, 0.25) is 0 Å². The molecule has 15 atom stereocenters. The quantitative estimate of drug-likeness (QED) is 0.157. The van der Waals surface area contributed by atoms with E-state index in [0.717, 1.165) is 10.5 Å². The van der Waals surface area contributed by atoms with E-state index < -0.39 is 83.9 Å². The molecule has 0 spiro atoms. The average molecular weight is 916 g/mol. The number of ether oxygens (including phenoxy) is 5. The van der Waals surface area contributed by atoms with E-state index in [2.05, 4.69) is 0 Å². The van der Waals surface area contributed by atoms with Gasteiger partial charge in [-0.3, -0.25) is 19.2 Å². The van der Waals surface area contributed by atoms with Crippen molar-refractivity contribution in [2.45, 2.75) is 180 Å². The first kappa shape index (κ1) is 54.2. The number of cyclic esters (lactones) is 1. The van der Waals surface area contributed by atoms with Crippen LogP contribution in [0.25, 0.3) is 0 Å². The Kier molecular flexibility index (Phi) is 20.9. The van der Waals surface area contributed by atoms with Gasteiger partial charge in [-0.25, -0.2) is 9.18 Å². The van der Waals surface area contributed by atoms with E-state index in [1.165, 1.54) is 7.11 Å². The molecule has 4 aliphatic rings. The first-order valence-electron chi connectivity index (χ1n) is 23.9. The minimum Gasteiger partial charge on any atom is -0.460 e. The summed E-state index contributed by atoms with van der Waals surface area (Å²) in [5.41, 5.74) is 1.22. The summed E-state index contributed by atoms with van der Waals surface area (Å²) in [6.45, 7) is 12.5. The summed E-state index contributed by atoms with van der Waals surface area (Å²) in [7, 11) is 4.47. The van der Waals surface area contributed by atoms with Crippen LogP contribution in [0.3, 0.4) is 0 Å². The second kappa shape index (κ2) is 25.1. The van der Waals surface area contributed by atoms with Gasteiger partial charge in [0.15, 0.2) is 5.78 Å². The first-order chi connectivity index (χ1) is 30.7. The molecule has 3 fully saturated rings. The molecule has 2 N–H and O–H groups in total.